The molecule has 2 aromatic heterocycles. The molecule has 0 unspecified atom stereocenters. The number of nitrogens with one attached hydrogen (secondary N) is 1. The van der Waals surface area contributed by atoms with Crippen LogP contribution in [0.4, 0.5) is 5.69 Å². The van der Waals surface area contributed by atoms with Crippen molar-refractivity contribution in [1.29, 1.82) is 0 Å². The minimum absolute atomic E-state index is 0.118. The van der Waals surface area contributed by atoms with Crippen molar-refractivity contribution in [3.8, 4) is 9.88 Å². The van der Waals surface area contributed by atoms with Crippen LogP contribution >= 0.6 is 34.4 Å². The van der Waals surface area contributed by atoms with Crippen molar-refractivity contribution in [2.75, 3.05) is 11.6 Å². The van der Waals surface area contributed by atoms with Gasteiger partial charge in [0.25, 0.3) is 5.91 Å². The van der Waals surface area contributed by atoms with E-state index in [1.165, 1.54) is 16.2 Å². The topological polar surface area (TPSA) is 42.0 Å². The molecule has 0 bridgehead atoms. The number of carbonyl (C=O) groups excluding carboxylic acids is 1. The van der Waals surface area contributed by atoms with Crippen LogP contribution in [0, 0.1) is 0 Å². The standard InChI is InChI=1S/C15H12N2OS3/c1-19-11-6-4-10(5-7-11)17-14(18)13-9-16-15(21-13)12-3-2-8-20-12/h2-9H,1H3,(H,17,18). The van der Waals surface area contributed by atoms with Crippen molar-refractivity contribution < 1.29 is 4.79 Å². The fourth-order valence-corrected chi connectivity index (χ4v) is 3.78. The molecule has 0 aliphatic heterocycles. The molecule has 6 heteroatoms. The first-order chi connectivity index (χ1) is 10.3. The van der Waals surface area contributed by atoms with Crippen LogP contribution in [0.2, 0.25) is 0 Å². The van der Waals surface area contributed by atoms with Gasteiger partial charge in [-0.05, 0) is 42.0 Å². The first kappa shape index (κ1) is 14.3. The Morgan fingerprint density at radius 3 is 2.71 bits per heavy atom. The predicted octanol–water partition coefficient (Wildman–Crippen LogP) is 4.85. The maximum absolute atomic E-state index is 12.2. The fourth-order valence-electron chi connectivity index (χ4n) is 1.76. The Kier molecular flexibility index (Phi) is 4.38. The molecule has 0 spiro atoms. The summed E-state index contributed by atoms with van der Waals surface area (Å²) in [5, 5.41) is 5.78. The summed E-state index contributed by atoms with van der Waals surface area (Å²) in [6, 6.07) is 11.8. The van der Waals surface area contributed by atoms with E-state index in [9.17, 15) is 4.79 Å². The van der Waals surface area contributed by atoms with Crippen molar-refractivity contribution in [3.05, 3.63) is 52.9 Å². The highest BCUT2D eigenvalue weighted by molar-refractivity contribution is 7.98. The summed E-state index contributed by atoms with van der Waals surface area (Å²) in [4.78, 5) is 19.4. The summed E-state index contributed by atoms with van der Waals surface area (Å²) in [6.45, 7) is 0. The van der Waals surface area contributed by atoms with E-state index < -0.39 is 0 Å². The Morgan fingerprint density at radius 1 is 1.24 bits per heavy atom. The average Bonchev–Trinajstić information content (AvgIpc) is 3.19. The number of rotatable bonds is 4. The molecule has 0 fully saturated rings. The van der Waals surface area contributed by atoms with Crippen LogP contribution in [0.25, 0.3) is 9.88 Å². The second kappa shape index (κ2) is 6.43. The number of thiophene rings is 1. The summed E-state index contributed by atoms with van der Waals surface area (Å²) >= 11 is 4.71. The van der Waals surface area contributed by atoms with E-state index >= 15 is 0 Å². The molecular weight excluding hydrogens is 320 g/mol. The average molecular weight is 332 g/mol. The number of benzene rings is 1. The minimum Gasteiger partial charge on any atom is -0.321 e. The second-order valence-electron chi connectivity index (χ2n) is 4.19. The van der Waals surface area contributed by atoms with Gasteiger partial charge in [0.2, 0.25) is 0 Å². The zero-order valence-electron chi connectivity index (χ0n) is 11.2. The third-order valence-electron chi connectivity index (χ3n) is 2.81. The van der Waals surface area contributed by atoms with Crippen molar-refractivity contribution in [2.24, 2.45) is 0 Å². The highest BCUT2D eigenvalue weighted by Gasteiger charge is 2.12. The van der Waals surface area contributed by atoms with Gasteiger partial charge in [0.05, 0.1) is 11.1 Å². The highest BCUT2D eigenvalue weighted by Crippen LogP contribution is 2.29. The molecule has 0 saturated heterocycles. The van der Waals surface area contributed by atoms with E-state index in [2.05, 4.69) is 10.3 Å². The monoisotopic (exact) mass is 332 g/mol. The van der Waals surface area contributed by atoms with Gasteiger partial charge in [0.15, 0.2) is 0 Å². The lowest BCUT2D eigenvalue weighted by molar-refractivity contribution is 0.103. The van der Waals surface area contributed by atoms with Crippen LogP contribution in [0.5, 0.6) is 0 Å². The SMILES string of the molecule is CSc1ccc(NC(=O)c2cnc(-c3cccs3)s2)cc1. The van der Waals surface area contributed by atoms with E-state index in [0.29, 0.717) is 4.88 Å². The summed E-state index contributed by atoms with van der Waals surface area (Å²) < 4.78 is 0. The summed E-state index contributed by atoms with van der Waals surface area (Å²) in [5.41, 5.74) is 0.795. The molecule has 0 aliphatic rings. The van der Waals surface area contributed by atoms with Crippen molar-refractivity contribution >= 4 is 46.0 Å². The van der Waals surface area contributed by atoms with Gasteiger partial charge in [-0.15, -0.1) is 34.4 Å². The lowest BCUT2D eigenvalue weighted by atomic mass is 10.3. The maximum atomic E-state index is 12.2. The summed E-state index contributed by atoms with van der Waals surface area (Å²) in [5.74, 6) is -0.118. The van der Waals surface area contributed by atoms with Gasteiger partial charge in [-0.1, -0.05) is 6.07 Å². The smallest absolute Gasteiger partial charge is 0.267 e. The van der Waals surface area contributed by atoms with E-state index in [0.717, 1.165) is 15.6 Å². The van der Waals surface area contributed by atoms with Crippen LogP contribution < -0.4 is 5.32 Å². The van der Waals surface area contributed by atoms with Gasteiger partial charge in [-0.25, -0.2) is 4.98 Å². The first-order valence-corrected chi connectivity index (χ1v) is 9.13. The Hall–Kier alpha value is -1.63. The van der Waals surface area contributed by atoms with Crippen LogP contribution in [0.15, 0.2) is 52.9 Å². The molecular formula is C15H12N2OS3. The number of nitrogens with zero attached hydrogens (tertiary/aromatic N) is 1. The Labute approximate surface area is 135 Å². The van der Waals surface area contributed by atoms with Crippen molar-refractivity contribution in [1.82, 2.24) is 4.98 Å². The third-order valence-corrected chi connectivity index (χ3v) is 5.59. The summed E-state index contributed by atoms with van der Waals surface area (Å²) in [6.07, 6.45) is 3.66. The van der Waals surface area contributed by atoms with Gasteiger partial charge >= 0.3 is 0 Å². The van der Waals surface area contributed by atoms with Crippen LogP contribution in [-0.2, 0) is 0 Å². The summed E-state index contributed by atoms with van der Waals surface area (Å²) in [7, 11) is 0. The van der Waals surface area contributed by atoms with E-state index in [4.69, 9.17) is 0 Å². The second-order valence-corrected chi connectivity index (χ2v) is 7.05. The van der Waals surface area contributed by atoms with E-state index in [1.54, 1.807) is 29.3 Å². The number of thioether (sulfide) groups is 1. The zero-order valence-corrected chi connectivity index (χ0v) is 13.6. The van der Waals surface area contributed by atoms with Gasteiger partial charge in [0, 0.05) is 10.6 Å². The van der Waals surface area contributed by atoms with Gasteiger partial charge in [-0.2, -0.15) is 0 Å². The number of hydrogen-bond acceptors (Lipinski definition) is 5. The quantitative estimate of drug-likeness (QED) is 0.695. The zero-order chi connectivity index (χ0) is 14.7. The Balaban J connectivity index is 1.73. The number of hydrogen-bond donors (Lipinski definition) is 1. The normalized spacial score (nSPS) is 10.5. The molecule has 106 valence electrons. The molecule has 3 aromatic rings. The molecule has 0 aliphatic carbocycles. The Bertz CT molecular complexity index is 733. The molecule has 1 N–H and O–H groups in total. The third kappa shape index (κ3) is 3.34. The number of carbonyl (C=O) groups is 1. The predicted molar refractivity (Wildman–Crippen MR) is 91.6 cm³/mol. The molecule has 0 saturated carbocycles. The molecule has 3 nitrogen and oxygen atoms in total. The molecule has 0 atom stereocenters. The van der Waals surface area contributed by atoms with Crippen molar-refractivity contribution in [3.63, 3.8) is 0 Å². The minimum atomic E-state index is -0.118. The lowest BCUT2D eigenvalue weighted by Crippen LogP contribution is -2.09. The molecule has 1 amide bonds. The molecule has 21 heavy (non-hydrogen) atoms. The molecule has 1 aromatic carbocycles. The Morgan fingerprint density at radius 2 is 2.05 bits per heavy atom. The number of amides is 1. The van der Waals surface area contributed by atoms with Crippen LogP contribution in [-0.4, -0.2) is 17.1 Å². The van der Waals surface area contributed by atoms with Gasteiger partial charge in [-0.3, -0.25) is 4.79 Å². The molecule has 2 heterocycles. The van der Waals surface area contributed by atoms with Crippen LogP contribution in [0.1, 0.15) is 9.67 Å². The number of aromatic nitrogens is 1. The lowest BCUT2D eigenvalue weighted by Gasteiger charge is -2.03. The van der Waals surface area contributed by atoms with Gasteiger partial charge in [0.1, 0.15) is 9.88 Å². The highest BCUT2D eigenvalue weighted by atomic mass is 32.2. The maximum Gasteiger partial charge on any atom is 0.267 e. The van der Waals surface area contributed by atoms with E-state index in [1.807, 2.05) is 48.0 Å². The van der Waals surface area contributed by atoms with E-state index in [-0.39, 0.29) is 5.91 Å². The van der Waals surface area contributed by atoms with Crippen LogP contribution in [0.3, 0.4) is 0 Å². The first-order valence-electron chi connectivity index (χ1n) is 6.21. The largest absolute Gasteiger partial charge is 0.321 e. The van der Waals surface area contributed by atoms with Crippen molar-refractivity contribution in [2.45, 2.75) is 4.90 Å². The number of anilines is 1. The van der Waals surface area contributed by atoms with Gasteiger partial charge < -0.3 is 5.32 Å². The molecule has 0 radical (unpaired) electrons. The number of thiazole rings is 1. The fraction of sp³-hybridized carbons (Fsp3) is 0.0667. The molecule has 3 rings (SSSR count).